The van der Waals surface area contributed by atoms with Gasteiger partial charge in [0, 0.05) is 93.7 Å². The minimum atomic E-state index is -5.18. The molecular formula is C76H116F3I2N15O31. The van der Waals surface area contributed by atoms with Gasteiger partial charge < -0.3 is 145 Å². The number of nitrogens with one attached hydrogen (secondary N) is 6. The number of quaternary nitrogens is 1. The van der Waals surface area contributed by atoms with Crippen molar-refractivity contribution in [2.75, 3.05) is 90.8 Å². The highest BCUT2D eigenvalue weighted by atomic mass is 127. The molecule has 23 N–H and O–H groups in total. The molecule has 46 nitrogen and oxygen atoms in total. The topological polar surface area (TPSA) is 686 Å². The summed E-state index contributed by atoms with van der Waals surface area (Å²) in [5, 5.41) is 147. The molecule has 0 saturated carbocycles. The first kappa shape index (κ1) is 110. The molecule has 7 aliphatic rings. The van der Waals surface area contributed by atoms with E-state index in [0.29, 0.717) is 52.3 Å². The van der Waals surface area contributed by atoms with Gasteiger partial charge in [0.1, 0.15) is 98.1 Å². The fourth-order valence-corrected chi connectivity index (χ4v) is 14.0. The van der Waals surface area contributed by atoms with E-state index in [1.165, 1.54) is 30.2 Å². The van der Waals surface area contributed by atoms with Crippen LogP contribution in [0.3, 0.4) is 0 Å². The first-order chi connectivity index (χ1) is 59.4. The fraction of sp³-hybridized carbons (Fsp3) is 0.645. The minimum absolute atomic E-state index is 0. The number of nitrogens with two attached hydrogens (primary N) is 1. The van der Waals surface area contributed by atoms with Gasteiger partial charge in [-0.05, 0) is 72.4 Å². The van der Waals surface area contributed by atoms with Crippen molar-refractivity contribution >= 4 is 28.5 Å². The smallest absolute Gasteiger partial charge is 0.471 e. The summed E-state index contributed by atoms with van der Waals surface area (Å²) in [7, 11) is 2.06. The zero-order valence-electron chi connectivity index (χ0n) is 70.7. The van der Waals surface area contributed by atoms with Crippen LogP contribution in [0.4, 0.5) is 13.2 Å². The molecule has 12 heterocycles. The van der Waals surface area contributed by atoms with Gasteiger partial charge in [-0.25, -0.2) is 24.0 Å². The van der Waals surface area contributed by atoms with Crippen LogP contribution in [0.15, 0.2) is 120 Å². The lowest BCUT2D eigenvalue weighted by Crippen LogP contribution is -3.00. The molecule has 20 atom stereocenters. The standard InChI is InChI=1S/C17H22F3N3O7.2C15H23N3O6.C14H21N3O6.C9H12N2O6.C5H11N.CH3I.HI/c1-8(2)3-4-22(15(28)17(18,19)20)5-9-6-23(16(29)21-13(9)27)14-12(26)11(25)10(7-24)30-14;1-18(4-2-3-5-18)7-9-6-17(15(23)16-13(9)22)14-12(21)11(20)10(8-19)24-14;1-8(2)3-4-16-5-9-6-18(15(23)17-13(9)22)14-12(21)11(20)10(7-19)24-14;18-7-9-10(19)11(20)13(23-9)17-6-8(12(21)15-14(17)22)5-16-3-1-2-4-16;12-3-4-6(14)7(15)8(17-4)11-2-1-5(13)10-9(11)16;1-5(2)3-4-6;1-2;/h3,6,10-12,14,24-26H,4-5,7H2,1-2H3,(H,21,27,29);6,10-12,14,19-21H,2-5,7-8H2,1H3;3,6,10-12,14,16,19-21H,4-5,7H2,1-2H3,(H,17,22,23);6,9-11,13,18-20H,1-5,7H2,(H,15,21,22);1-2,4,6-8,12,14-15H,3H2,(H,10,13,16);3H,4,6H2,1-2H3;1H3;1H/t3*10-,11+,12?,14-;9-,10+,11?,13-;4-,6+,7?,8-;;;/m11111.../s1. The summed E-state index contributed by atoms with van der Waals surface area (Å²) in [4.78, 5) is 145. The second-order valence-electron chi connectivity index (χ2n) is 31.3. The summed E-state index contributed by atoms with van der Waals surface area (Å²) in [6.07, 6.45) is -14.6. The summed E-state index contributed by atoms with van der Waals surface area (Å²) >= 11 is 2.15. The highest BCUT2D eigenvalue weighted by Crippen LogP contribution is 2.33. The molecule has 5 aromatic heterocycles. The van der Waals surface area contributed by atoms with Crippen molar-refractivity contribution in [3.05, 3.63) is 198 Å². The Morgan fingerprint density at radius 1 is 0.488 bits per heavy atom. The number of aromatic amines is 5. The number of ether oxygens (including phenoxy) is 5. The van der Waals surface area contributed by atoms with Gasteiger partial charge in [0.25, 0.3) is 27.8 Å². The van der Waals surface area contributed by atoms with Crippen molar-refractivity contribution in [2.45, 2.75) is 222 Å². The average molecular weight is 2050 g/mol. The molecule has 0 bridgehead atoms. The molecule has 1 amide bonds. The minimum Gasteiger partial charge on any atom is -1.00 e. The number of carbonyl (C=O) groups is 1. The normalized spacial score (nSPS) is 27.4. The third-order valence-corrected chi connectivity index (χ3v) is 20.9. The van der Waals surface area contributed by atoms with E-state index in [2.05, 4.69) is 54.8 Å². The van der Waals surface area contributed by atoms with Crippen molar-refractivity contribution in [2.24, 2.45) is 5.73 Å². The van der Waals surface area contributed by atoms with Crippen LogP contribution in [0.5, 0.6) is 0 Å². The molecule has 0 aromatic carbocycles. The zero-order valence-corrected chi connectivity index (χ0v) is 75.0. The van der Waals surface area contributed by atoms with Crippen LogP contribution in [-0.4, -0.2) is 333 Å². The molecule has 0 spiro atoms. The number of aromatic nitrogens is 10. The second kappa shape index (κ2) is 50.7. The average Bonchev–Trinajstić information content (AvgIpc) is 1.73. The zero-order chi connectivity index (χ0) is 94.3. The Bertz CT molecular complexity index is 5090. The third-order valence-electron chi connectivity index (χ3n) is 20.9. The van der Waals surface area contributed by atoms with Gasteiger partial charge >= 0.3 is 40.5 Å². The summed E-state index contributed by atoms with van der Waals surface area (Å²) < 4.78 is 70.7. The Morgan fingerprint density at radius 3 is 1.14 bits per heavy atom. The van der Waals surface area contributed by atoms with Gasteiger partial charge in [-0.2, -0.15) is 13.2 Å². The molecule has 0 aliphatic carbocycles. The molecule has 12 rings (SSSR count). The van der Waals surface area contributed by atoms with Gasteiger partial charge in [0.15, 0.2) is 31.1 Å². The summed E-state index contributed by atoms with van der Waals surface area (Å²) in [6, 6.07) is 1.09. The van der Waals surface area contributed by atoms with Gasteiger partial charge in [-0.15, -0.1) is 0 Å². The predicted molar refractivity (Wildman–Crippen MR) is 445 cm³/mol. The molecule has 7 fully saturated rings. The second-order valence-corrected chi connectivity index (χ2v) is 31.3. The summed E-state index contributed by atoms with van der Waals surface area (Å²) in [5.41, 5.74) is 1.86. The van der Waals surface area contributed by atoms with E-state index in [-0.39, 0.29) is 41.6 Å². The summed E-state index contributed by atoms with van der Waals surface area (Å²) in [6.45, 7) is 13.4. The van der Waals surface area contributed by atoms with Crippen molar-refractivity contribution in [3.63, 3.8) is 0 Å². The van der Waals surface area contributed by atoms with E-state index in [9.17, 15) is 117 Å². The molecular weight excluding hydrogens is 1930 g/mol. The van der Waals surface area contributed by atoms with E-state index in [0.717, 1.165) is 98.6 Å². The maximum Gasteiger partial charge on any atom is 0.471 e. The SMILES string of the molecule is CC(C)=CCN.CC(C)=CCN(Cc1cn([C@@H]2O[C@H](CO)[C@H](O)C2O)c(=O)[nH]c1=O)C(=O)C(F)(F)F.CC(C)=CCNCc1cn([C@@H]2O[C@H](CO)[C@H](O)C2O)c(=O)[nH]c1=O.CI.C[N+]1(Cc2cn([C@@H]3O[C@H](CO)[C@H](O)C3O)c(=O)[nH]c2=O)CCCC1.O=c1[nH]c(=O)n([C@@H]2O[C@H](CO)[C@H](O)C2O)cc1CN1CCCC1.O=c1ccn([C@@H]2O[C@H](CO)[C@H](O)C2O)c(=O)[nH]1.[I-]. The molecule has 716 valence electrons. The van der Waals surface area contributed by atoms with Gasteiger partial charge in [-0.3, -0.25) is 81.4 Å². The van der Waals surface area contributed by atoms with Crippen LogP contribution in [0.2, 0.25) is 0 Å². The molecule has 51 heteroatoms. The summed E-state index contributed by atoms with van der Waals surface area (Å²) in [5.74, 6) is -2.18. The van der Waals surface area contributed by atoms with E-state index in [4.69, 9.17) is 55.0 Å². The number of hydrogen-bond acceptors (Lipinski definition) is 34. The van der Waals surface area contributed by atoms with Crippen LogP contribution in [-0.2, 0) is 54.7 Å². The van der Waals surface area contributed by atoms with Crippen molar-refractivity contribution in [3.8, 4) is 0 Å². The Labute approximate surface area is 751 Å². The Hall–Kier alpha value is -7.62. The fourth-order valence-electron chi connectivity index (χ4n) is 14.0. The van der Waals surface area contributed by atoms with E-state index < -0.39 is 237 Å². The predicted octanol–water partition coefficient (Wildman–Crippen LogP) is -11.0. The third kappa shape index (κ3) is 29.4. The molecule has 7 saturated heterocycles. The van der Waals surface area contributed by atoms with Crippen molar-refractivity contribution < 1.29 is 147 Å². The lowest BCUT2D eigenvalue weighted by molar-refractivity contribution is -0.911. The van der Waals surface area contributed by atoms with Gasteiger partial charge in [0.05, 0.1) is 70.8 Å². The van der Waals surface area contributed by atoms with Crippen LogP contribution in [0.1, 0.15) is 121 Å². The number of aliphatic hydroxyl groups excluding tert-OH is 15. The number of alkyl halides is 4. The van der Waals surface area contributed by atoms with Crippen molar-refractivity contribution in [1.29, 1.82) is 0 Å². The van der Waals surface area contributed by atoms with E-state index in [1.807, 2.05) is 54.7 Å². The number of H-pyrrole nitrogens is 5. The maximum atomic E-state index is 12.9. The largest absolute Gasteiger partial charge is 1.00 e. The Morgan fingerprint density at radius 2 is 0.811 bits per heavy atom. The van der Waals surface area contributed by atoms with Crippen LogP contribution >= 0.6 is 22.6 Å². The number of likely N-dealkylation sites (tertiary alicyclic amines) is 2. The first-order valence-electron chi connectivity index (χ1n) is 39.8. The lowest BCUT2D eigenvalue weighted by atomic mass is 10.1. The van der Waals surface area contributed by atoms with Crippen LogP contribution < -0.4 is 91.3 Å². The van der Waals surface area contributed by atoms with Gasteiger partial charge in [0.2, 0.25) is 0 Å². The highest BCUT2D eigenvalue weighted by molar-refractivity contribution is 14.1. The number of allylic oxidation sites excluding steroid dienone is 3. The number of carbonyl (C=O) groups excluding carboxylic acids is 1. The molecule has 127 heavy (non-hydrogen) atoms. The highest BCUT2D eigenvalue weighted by Gasteiger charge is 2.49. The van der Waals surface area contributed by atoms with Crippen LogP contribution in [0, 0.1) is 0 Å². The Kier molecular flexibility index (Phi) is 43.9. The Balaban J connectivity index is 0.000000277. The van der Waals surface area contributed by atoms with Crippen molar-refractivity contribution in [1.82, 2.24) is 62.9 Å². The number of hydrogen-bond donors (Lipinski definition) is 22. The monoisotopic (exact) mass is 2050 g/mol. The molecule has 0 radical (unpaired) electrons. The molecule has 5 unspecified atom stereocenters. The quantitative estimate of drug-likeness (QED) is 0.00949. The van der Waals surface area contributed by atoms with E-state index in [1.54, 1.807) is 13.8 Å². The molecule has 7 aliphatic heterocycles. The number of aliphatic hydroxyl groups is 15. The van der Waals surface area contributed by atoms with Gasteiger partial charge in [-0.1, -0.05) is 57.5 Å². The number of halogens is 5. The van der Waals surface area contributed by atoms with E-state index >= 15 is 0 Å². The number of nitrogens with zero attached hydrogens (tertiary/aromatic N) is 8. The maximum absolute atomic E-state index is 12.9. The van der Waals surface area contributed by atoms with Crippen LogP contribution in [0.25, 0.3) is 0 Å². The molecule has 5 aromatic rings. The lowest BCUT2D eigenvalue weighted by Gasteiger charge is -2.29. The number of rotatable bonds is 23. The first-order valence-corrected chi connectivity index (χ1v) is 42.0. The number of amides is 1.